The molecule has 26 heteroatoms. The highest BCUT2D eigenvalue weighted by Gasteiger charge is 2.47. The average Bonchev–Trinajstić information content (AvgIpc) is 3.25. The number of piperidine rings is 1. The Kier molecular flexibility index (Phi) is 20.4. The molecule has 2 saturated heterocycles. The Balaban J connectivity index is 2.26. The number of guanidine groups is 1. The fourth-order valence-corrected chi connectivity index (χ4v) is 7.81. The van der Waals surface area contributed by atoms with E-state index in [9.17, 15) is 57.3 Å². The molecule has 0 aliphatic carbocycles. The van der Waals surface area contributed by atoms with Crippen LogP contribution in [-0.2, 0) is 59.3 Å². The van der Waals surface area contributed by atoms with Crippen molar-refractivity contribution in [3.05, 3.63) is 28.8 Å². The molecule has 2 fully saturated rings. The van der Waals surface area contributed by atoms with E-state index >= 15 is 0 Å². The zero-order chi connectivity index (χ0) is 49.8. The molecule has 2 aliphatic rings. The van der Waals surface area contributed by atoms with Crippen LogP contribution in [0, 0.1) is 11.8 Å². The van der Waals surface area contributed by atoms with Crippen molar-refractivity contribution in [2.45, 2.75) is 134 Å². The number of ether oxygens (including phenoxy) is 1. The van der Waals surface area contributed by atoms with Gasteiger partial charge in [-0.25, -0.2) is 8.98 Å². The van der Waals surface area contributed by atoms with E-state index in [1.807, 2.05) is 0 Å². The summed E-state index contributed by atoms with van der Waals surface area (Å²) in [5.74, 6) is -9.14. The third-order valence-corrected chi connectivity index (χ3v) is 12.3. The Hall–Kier alpha value is -5.34. The van der Waals surface area contributed by atoms with E-state index in [1.165, 1.54) is 25.2 Å². The molecule has 0 spiro atoms. The van der Waals surface area contributed by atoms with Crippen LogP contribution in [0.5, 0.6) is 5.75 Å². The minimum Gasteiger partial charge on any atom is -0.506 e. The van der Waals surface area contributed by atoms with Gasteiger partial charge in [0.05, 0.1) is 5.02 Å². The second-order valence-corrected chi connectivity index (χ2v) is 17.9. The van der Waals surface area contributed by atoms with Crippen molar-refractivity contribution in [3.8, 4) is 5.75 Å². The SMILES string of the molecule is CC[C@H](C)[C@@H]1NC(=O)[C@H](Cc2ccc(O)c(Cl)c2)N(C)C(=O)[C@@H]([C@@H](C)CC)N2C(=O)[C@H](CC[C@H]2O)NC(=O)[C@H](CCCN=C(N)N)NC(=O)[C@@H](NC(=O)[C@H](O)COS(=O)(=O)O)[C@H](C)OC1=O. The van der Waals surface area contributed by atoms with Crippen molar-refractivity contribution in [1.29, 1.82) is 0 Å². The summed E-state index contributed by atoms with van der Waals surface area (Å²) >= 11 is 6.22. The highest BCUT2D eigenvalue weighted by molar-refractivity contribution is 7.80. The quantitative estimate of drug-likeness (QED) is 0.0297. The number of amides is 6. The smallest absolute Gasteiger partial charge is 0.397 e. The predicted octanol–water partition coefficient (Wildman–Crippen LogP) is -2.06. The number of likely N-dealkylation sites (N-methyl/N-ethyl adjacent to an activating group) is 1. The molecule has 11 atom stereocenters. The fourth-order valence-electron chi connectivity index (χ4n) is 7.31. The van der Waals surface area contributed by atoms with Crippen LogP contribution in [0.4, 0.5) is 0 Å². The topological polar surface area (TPSA) is 372 Å². The minimum absolute atomic E-state index is 0.0336. The number of benzene rings is 1. The second-order valence-electron chi connectivity index (χ2n) is 16.4. The molecule has 12 N–H and O–H groups in total. The van der Waals surface area contributed by atoms with Gasteiger partial charge in [0.1, 0.15) is 60.9 Å². The van der Waals surface area contributed by atoms with Crippen LogP contribution in [0.3, 0.4) is 0 Å². The summed E-state index contributed by atoms with van der Waals surface area (Å²) in [5.41, 5.74) is 11.3. The Bertz CT molecular complexity index is 2080. The number of rotatable bonds is 15. The summed E-state index contributed by atoms with van der Waals surface area (Å²) < 4.78 is 41.1. The van der Waals surface area contributed by atoms with Gasteiger partial charge in [-0.1, -0.05) is 58.2 Å². The van der Waals surface area contributed by atoms with E-state index < -0.39 is 125 Å². The monoisotopic (exact) mass is 975 g/mol. The number of nitrogens with zero attached hydrogens (tertiary/aromatic N) is 3. The number of halogens is 1. The lowest BCUT2D eigenvalue weighted by Gasteiger charge is -2.44. The van der Waals surface area contributed by atoms with Gasteiger partial charge in [0.15, 0.2) is 12.1 Å². The third kappa shape index (κ3) is 15.1. The standard InChI is InChI=1S/C40H62ClN9O15S/c1-7-19(3)30-39(60)65-21(5)31(48-35(56)28(52)18-64-66(61,62)63)36(57)45-24(10-9-15-44-40(42)43)33(54)46-25-12-14-29(53)50(37(25)58)32(20(4)8-2)38(59)49(6)26(34(55)47-30)17-22-11-13-27(51)23(41)16-22/h11,13,16,19-21,24-26,28-32,51-53H,7-10,12,14-15,17-18H2,1-6H3,(H,45,57)(H,46,54)(H,47,55)(H,48,56)(H4,42,43,44)(H,61,62,63)/t19-,20-,21-,24-,25-,26-,28+,29+,30-,31-,32+/m0/s1. The molecule has 1 aromatic carbocycles. The summed E-state index contributed by atoms with van der Waals surface area (Å²) in [4.78, 5) is 105. The Morgan fingerprint density at radius 2 is 1.67 bits per heavy atom. The molecular weight excluding hydrogens is 914 g/mol. The van der Waals surface area contributed by atoms with Crippen LogP contribution in [0.1, 0.15) is 78.7 Å². The van der Waals surface area contributed by atoms with Gasteiger partial charge in [-0.05, 0) is 62.1 Å². The van der Waals surface area contributed by atoms with Crippen molar-refractivity contribution in [2.75, 3.05) is 20.2 Å². The van der Waals surface area contributed by atoms with Gasteiger partial charge in [0.25, 0.3) is 5.91 Å². The van der Waals surface area contributed by atoms with Crippen molar-refractivity contribution in [2.24, 2.45) is 28.3 Å². The number of aliphatic hydroxyl groups excluding tert-OH is 2. The summed E-state index contributed by atoms with van der Waals surface area (Å²) in [6.45, 7) is 6.53. The zero-order valence-electron chi connectivity index (χ0n) is 37.5. The van der Waals surface area contributed by atoms with E-state index in [-0.39, 0.29) is 61.8 Å². The van der Waals surface area contributed by atoms with Crippen LogP contribution in [0.15, 0.2) is 23.2 Å². The maximum atomic E-state index is 14.8. The molecule has 2 aliphatic heterocycles. The van der Waals surface area contributed by atoms with Crippen LogP contribution >= 0.6 is 11.6 Å². The van der Waals surface area contributed by atoms with Crippen LogP contribution in [0.25, 0.3) is 0 Å². The van der Waals surface area contributed by atoms with Crippen molar-refractivity contribution < 1.29 is 70.8 Å². The van der Waals surface area contributed by atoms with Gasteiger partial charge in [-0.2, -0.15) is 8.42 Å². The van der Waals surface area contributed by atoms with Crippen LogP contribution < -0.4 is 32.7 Å². The number of esters is 1. The number of phenolic OH excluding ortho intramolecular Hbond substituents is 1. The first kappa shape index (κ1) is 55.0. The number of carbonyl (C=O) groups is 7. The zero-order valence-corrected chi connectivity index (χ0v) is 39.1. The third-order valence-electron chi connectivity index (χ3n) is 11.6. The molecule has 1 aromatic rings. The van der Waals surface area contributed by atoms with Crippen molar-refractivity contribution in [1.82, 2.24) is 31.1 Å². The first-order valence-corrected chi connectivity index (χ1v) is 23.1. The van der Waals surface area contributed by atoms with E-state index in [4.69, 9.17) is 32.4 Å². The normalized spacial score (nSPS) is 26.6. The summed E-state index contributed by atoms with van der Waals surface area (Å²) in [5, 5.41) is 41.7. The first-order valence-electron chi connectivity index (χ1n) is 21.3. The summed E-state index contributed by atoms with van der Waals surface area (Å²) in [6, 6.07) is -5.13. The van der Waals surface area contributed by atoms with E-state index in [0.29, 0.717) is 12.0 Å². The summed E-state index contributed by atoms with van der Waals surface area (Å²) in [7, 11) is -3.83. The number of aromatic hydroxyl groups is 1. The Morgan fingerprint density at radius 3 is 2.26 bits per heavy atom. The van der Waals surface area contributed by atoms with Crippen LogP contribution in [-0.4, -0.2) is 160 Å². The number of hydrogen-bond donors (Lipinski definition) is 10. The number of aliphatic imine (C=N–C) groups is 1. The second kappa shape index (κ2) is 24.4. The number of phenols is 1. The number of nitrogens with two attached hydrogens (primary N) is 2. The number of hydrogen-bond acceptors (Lipinski definition) is 15. The van der Waals surface area contributed by atoms with Crippen molar-refractivity contribution >= 4 is 69.4 Å². The van der Waals surface area contributed by atoms with Gasteiger partial charge < -0.3 is 62.6 Å². The van der Waals surface area contributed by atoms with Gasteiger partial charge >= 0.3 is 16.4 Å². The lowest BCUT2D eigenvalue weighted by atomic mass is 9.91. The fraction of sp³-hybridized carbons (Fsp3) is 0.650. The van der Waals surface area contributed by atoms with E-state index in [0.717, 1.165) is 16.7 Å². The number of cyclic esters (lactones) is 1. The molecule has 2 bridgehead atoms. The summed E-state index contributed by atoms with van der Waals surface area (Å²) in [6.07, 6.45) is -5.62. The van der Waals surface area contributed by atoms with E-state index in [2.05, 4.69) is 30.4 Å². The molecule has 6 amide bonds. The highest BCUT2D eigenvalue weighted by Crippen LogP contribution is 2.29. The molecule has 66 heavy (non-hydrogen) atoms. The Morgan fingerprint density at radius 1 is 1.02 bits per heavy atom. The molecule has 0 unspecified atom stereocenters. The lowest BCUT2D eigenvalue weighted by molar-refractivity contribution is -0.168. The average molecular weight is 977 g/mol. The number of aliphatic hydroxyl groups is 2. The largest absolute Gasteiger partial charge is 0.506 e. The molecule has 0 aromatic heterocycles. The van der Waals surface area contributed by atoms with Gasteiger partial charge in [-0.15, -0.1) is 0 Å². The van der Waals surface area contributed by atoms with Gasteiger partial charge in [0, 0.05) is 20.0 Å². The lowest BCUT2D eigenvalue weighted by Crippen LogP contribution is -2.66. The maximum absolute atomic E-state index is 14.8. The van der Waals surface area contributed by atoms with E-state index in [1.54, 1.807) is 27.7 Å². The first-order chi connectivity index (χ1) is 30.8. The molecule has 2 heterocycles. The van der Waals surface area contributed by atoms with Crippen LogP contribution in [0.2, 0.25) is 5.02 Å². The van der Waals surface area contributed by atoms with Gasteiger partial charge in [-0.3, -0.25) is 38.3 Å². The molecule has 0 radical (unpaired) electrons. The van der Waals surface area contributed by atoms with Gasteiger partial charge in [0.2, 0.25) is 29.5 Å². The molecule has 0 saturated carbocycles. The number of nitrogens with one attached hydrogen (secondary N) is 4. The molecule has 3 rings (SSSR count). The maximum Gasteiger partial charge on any atom is 0.397 e. The molecule has 370 valence electrons. The number of carbonyl (C=O) groups excluding carboxylic acids is 7. The minimum atomic E-state index is -5.14. The number of fused-ring (bicyclic) bond motifs is 2. The Labute approximate surface area is 387 Å². The molecular formula is C40H62ClN9O15S. The van der Waals surface area contributed by atoms with Crippen molar-refractivity contribution in [3.63, 3.8) is 0 Å². The predicted molar refractivity (Wildman–Crippen MR) is 235 cm³/mol. The highest BCUT2D eigenvalue weighted by atomic mass is 35.5. The molecule has 24 nitrogen and oxygen atoms in total.